The van der Waals surface area contributed by atoms with E-state index >= 15 is 0 Å². The van der Waals surface area contributed by atoms with Gasteiger partial charge in [-0.25, -0.2) is 0 Å². The van der Waals surface area contributed by atoms with Crippen LogP contribution in [0, 0.1) is 13.8 Å². The fourth-order valence-corrected chi connectivity index (χ4v) is 4.36. The highest BCUT2D eigenvalue weighted by molar-refractivity contribution is 7.41. The zero-order chi connectivity index (χ0) is 21.7. The summed E-state index contributed by atoms with van der Waals surface area (Å²) in [7, 11) is 1.20. The fraction of sp³-hybridized carbons (Fsp3) is 0.280. The molecule has 0 amide bonds. The second kappa shape index (κ2) is 9.97. The average Bonchev–Trinajstić information content (AvgIpc) is 2.74. The molecule has 5 heteroatoms. The summed E-state index contributed by atoms with van der Waals surface area (Å²) in [4.78, 5) is 10.2. The van der Waals surface area contributed by atoms with Gasteiger partial charge >= 0.3 is 0 Å². The lowest BCUT2D eigenvalue weighted by Gasteiger charge is -2.22. The minimum absolute atomic E-state index is 0.415. The third-order valence-corrected chi connectivity index (χ3v) is 5.92. The molecule has 0 bridgehead atoms. The SMILES string of the molecule is CCCCOc1cc(OC)cc(PO)c1-c1c(N)cccc1-c1c(C)cccc1C. The first-order chi connectivity index (χ1) is 14.5. The van der Waals surface area contributed by atoms with Crippen molar-refractivity contribution in [2.45, 2.75) is 33.6 Å². The van der Waals surface area contributed by atoms with Crippen LogP contribution in [-0.2, 0) is 0 Å². The molecule has 0 aliphatic heterocycles. The number of benzene rings is 3. The third-order valence-electron chi connectivity index (χ3n) is 5.28. The number of aryl methyl sites for hydroxylation is 2. The molecule has 0 saturated carbocycles. The maximum atomic E-state index is 10.2. The standard InChI is InChI=1S/C25H30NO3P/c1-5-6-13-29-21-14-18(28-4)15-22(30-27)25(21)24-19(11-8-12-20(24)26)23-16(2)9-7-10-17(23)3/h7-12,14-15,27,30H,5-6,13,26H2,1-4H3. The van der Waals surface area contributed by atoms with Gasteiger partial charge in [-0.15, -0.1) is 0 Å². The van der Waals surface area contributed by atoms with Crippen LogP contribution >= 0.6 is 8.81 Å². The van der Waals surface area contributed by atoms with E-state index in [9.17, 15) is 4.89 Å². The van der Waals surface area contributed by atoms with Crippen molar-refractivity contribution >= 4 is 19.8 Å². The van der Waals surface area contributed by atoms with Gasteiger partial charge in [0.2, 0.25) is 0 Å². The molecule has 3 N–H and O–H groups in total. The molecule has 0 spiro atoms. The lowest BCUT2D eigenvalue weighted by molar-refractivity contribution is 0.308. The lowest BCUT2D eigenvalue weighted by Crippen LogP contribution is -2.09. The summed E-state index contributed by atoms with van der Waals surface area (Å²) in [6.45, 7) is 6.94. The van der Waals surface area contributed by atoms with Crippen LogP contribution in [0.5, 0.6) is 11.5 Å². The van der Waals surface area contributed by atoms with Crippen LogP contribution in [0.1, 0.15) is 30.9 Å². The Morgan fingerprint density at radius 2 is 1.67 bits per heavy atom. The van der Waals surface area contributed by atoms with Crippen molar-refractivity contribution in [2.75, 3.05) is 19.5 Å². The number of unbranched alkanes of at least 4 members (excludes halogenated alkanes) is 1. The van der Waals surface area contributed by atoms with E-state index in [0.29, 0.717) is 23.8 Å². The molecule has 1 unspecified atom stereocenters. The Bertz CT molecular complexity index is 1010. The molecule has 1 atom stereocenters. The first-order valence-electron chi connectivity index (χ1n) is 10.2. The Balaban J connectivity index is 2.33. The van der Waals surface area contributed by atoms with Gasteiger partial charge in [0.15, 0.2) is 0 Å². The van der Waals surface area contributed by atoms with Gasteiger partial charge in [-0.1, -0.05) is 43.7 Å². The maximum absolute atomic E-state index is 10.2. The molecular formula is C25H30NO3P. The second-order valence-corrected chi connectivity index (χ2v) is 8.16. The molecule has 4 nitrogen and oxygen atoms in total. The van der Waals surface area contributed by atoms with Crippen molar-refractivity contribution in [2.24, 2.45) is 0 Å². The van der Waals surface area contributed by atoms with E-state index in [4.69, 9.17) is 15.2 Å². The summed E-state index contributed by atoms with van der Waals surface area (Å²) in [5, 5.41) is 0.756. The Kier molecular flexibility index (Phi) is 7.36. The second-order valence-electron chi connectivity index (χ2n) is 7.40. The Labute approximate surface area is 180 Å². The average molecular weight is 423 g/mol. The quantitative estimate of drug-likeness (QED) is 0.280. The molecule has 0 aromatic heterocycles. The predicted molar refractivity (Wildman–Crippen MR) is 128 cm³/mol. The minimum Gasteiger partial charge on any atom is -0.497 e. The zero-order valence-corrected chi connectivity index (χ0v) is 19.1. The molecule has 0 aliphatic rings. The van der Waals surface area contributed by atoms with Crippen molar-refractivity contribution < 1.29 is 14.4 Å². The smallest absolute Gasteiger partial charge is 0.131 e. The van der Waals surface area contributed by atoms with E-state index in [-0.39, 0.29) is 0 Å². The topological polar surface area (TPSA) is 64.7 Å². The fourth-order valence-electron chi connectivity index (χ4n) is 3.79. The highest BCUT2D eigenvalue weighted by atomic mass is 31.1. The highest BCUT2D eigenvalue weighted by Gasteiger charge is 2.22. The summed E-state index contributed by atoms with van der Waals surface area (Å²) >= 11 is 0. The number of ether oxygens (including phenoxy) is 2. The predicted octanol–water partition coefficient (Wildman–Crippen LogP) is 5.62. The number of methoxy groups -OCH3 is 1. The van der Waals surface area contributed by atoms with Crippen molar-refractivity contribution in [1.29, 1.82) is 0 Å². The number of anilines is 1. The molecule has 30 heavy (non-hydrogen) atoms. The van der Waals surface area contributed by atoms with Gasteiger partial charge in [0, 0.05) is 37.0 Å². The first-order valence-corrected chi connectivity index (χ1v) is 11.2. The van der Waals surface area contributed by atoms with Crippen LogP contribution in [0.25, 0.3) is 22.3 Å². The van der Waals surface area contributed by atoms with Gasteiger partial charge in [0.05, 0.1) is 13.7 Å². The van der Waals surface area contributed by atoms with E-state index < -0.39 is 8.81 Å². The zero-order valence-electron chi connectivity index (χ0n) is 18.1. The number of hydrogen-bond acceptors (Lipinski definition) is 4. The van der Waals surface area contributed by atoms with Crippen LogP contribution in [0.4, 0.5) is 5.69 Å². The van der Waals surface area contributed by atoms with E-state index in [1.165, 1.54) is 11.1 Å². The molecule has 3 rings (SSSR count). The lowest BCUT2D eigenvalue weighted by atomic mass is 9.88. The highest BCUT2D eigenvalue weighted by Crippen LogP contribution is 2.44. The van der Waals surface area contributed by atoms with Crippen LogP contribution < -0.4 is 20.5 Å². The summed E-state index contributed by atoms with van der Waals surface area (Å²) < 4.78 is 11.6. The normalized spacial score (nSPS) is 11.2. The number of rotatable bonds is 8. The van der Waals surface area contributed by atoms with E-state index in [2.05, 4.69) is 45.0 Å². The molecule has 0 radical (unpaired) electrons. The molecule has 0 saturated heterocycles. The van der Waals surface area contributed by atoms with Crippen LogP contribution in [0.15, 0.2) is 48.5 Å². The van der Waals surface area contributed by atoms with Gasteiger partial charge in [0.1, 0.15) is 11.5 Å². The summed E-state index contributed by atoms with van der Waals surface area (Å²) in [6.07, 6.45) is 1.98. The van der Waals surface area contributed by atoms with Gasteiger partial charge in [-0.05, 0) is 54.7 Å². The van der Waals surface area contributed by atoms with Gasteiger partial charge in [-0.3, -0.25) is 0 Å². The number of hydrogen-bond donors (Lipinski definition) is 2. The molecule has 0 aliphatic carbocycles. The van der Waals surface area contributed by atoms with E-state index in [1.807, 2.05) is 24.3 Å². The van der Waals surface area contributed by atoms with Crippen LogP contribution in [0.2, 0.25) is 0 Å². The van der Waals surface area contributed by atoms with Crippen molar-refractivity contribution in [3.8, 4) is 33.8 Å². The molecule has 3 aromatic rings. The minimum atomic E-state index is -0.415. The third kappa shape index (κ3) is 4.45. The molecule has 0 heterocycles. The van der Waals surface area contributed by atoms with Crippen molar-refractivity contribution in [3.05, 3.63) is 59.7 Å². The maximum Gasteiger partial charge on any atom is 0.131 e. The monoisotopic (exact) mass is 423 g/mol. The van der Waals surface area contributed by atoms with Gasteiger partial charge < -0.3 is 20.1 Å². The summed E-state index contributed by atoms with van der Waals surface area (Å²) in [6, 6.07) is 16.0. The Morgan fingerprint density at radius 3 is 2.30 bits per heavy atom. The van der Waals surface area contributed by atoms with Crippen molar-refractivity contribution in [3.63, 3.8) is 0 Å². The van der Waals surface area contributed by atoms with Crippen LogP contribution in [0.3, 0.4) is 0 Å². The summed E-state index contributed by atoms with van der Waals surface area (Å²) in [5.41, 5.74) is 13.5. The largest absolute Gasteiger partial charge is 0.497 e. The molecule has 3 aromatic carbocycles. The molecular weight excluding hydrogens is 393 g/mol. The van der Waals surface area contributed by atoms with Crippen molar-refractivity contribution in [1.82, 2.24) is 0 Å². The van der Waals surface area contributed by atoms with Crippen LogP contribution in [-0.4, -0.2) is 18.6 Å². The Hall–Kier alpha value is -2.55. The van der Waals surface area contributed by atoms with Gasteiger partial charge in [-0.2, -0.15) is 0 Å². The van der Waals surface area contributed by atoms with E-state index in [1.54, 1.807) is 7.11 Å². The van der Waals surface area contributed by atoms with Gasteiger partial charge in [0.25, 0.3) is 0 Å². The Morgan fingerprint density at radius 1 is 0.967 bits per heavy atom. The molecule has 0 fully saturated rings. The molecule has 158 valence electrons. The summed E-state index contributed by atoms with van der Waals surface area (Å²) in [5.74, 6) is 1.34. The first kappa shape index (κ1) is 22.1. The number of nitrogen functional groups attached to an aromatic ring is 1. The number of nitrogens with two attached hydrogens (primary N) is 1. The van der Waals surface area contributed by atoms with E-state index in [0.717, 1.165) is 40.4 Å².